The van der Waals surface area contributed by atoms with Crippen LogP contribution in [0.5, 0.6) is 0 Å². The Labute approximate surface area is 84.9 Å². The molecule has 0 unspecified atom stereocenters. The molecule has 1 heterocycles. The summed E-state index contributed by atoms with van der Waals surface area (Å²) in [5.41, 5.74) is 0. The third kappa shape index (κ3) is 2.08. The first kappa shape index (κ1) is 9.97. The van der Waals surface area contributed by atoms with E-state index >= 15 is 0 Å². The predicted molar refractivity (Wildman–Crippen MR) is 54.1 cm³/mol. The van der Waals surface area contributed by atoms with Gasteiger partial charge in [-0.25, -0.2) is 0 Å². The van der Waals surface area contributed by atoms with Crippen LogP contribution < -0.4 is 5.32 Å². The molecule has 2 rings (SSSR count). The molecule has 14 heavy (non-hydrogen) atoms. The molecule has 0 spiro atoms. The van der Waals surface area contributed by atoms with Crippen molar-refractivity contribution in [1.29, 1.82) is 0 Å². The van der Waals surface area contributed by atoms with E-state index in [0.29, 0.717) is 5.92 Å². The van der Waals surface area contributed by atoms with Gasteiger partial charge in [0.2, 0.25) is 0 Å². The molecular weight excluding hydrogens is 178 g/mol. The van der Waals surface area contributed by atoms with E-state index in [2.05, 4.69) is 5.32 Å². The fourth-order valence-corrected chi connectivity index (χ4v) is 2.92. The molecule has 3 heteroatoms. The summed E-state index contributed by atoms with van der Waals surface area (Å²) in [5.74, 6) is 0.736. The predicted octanol–water partition coefficient (Wildman–Crippen LogP) is 1.63. The summed E-state index contributed by atoms with van der Waals surface area (Å²) in [5, 5.41) is 12.0. The third-order valence-electron chi connectivity index (χ3n) is 3.78. The molecule has 2 N–H and O–H groups in total. The maximum Gasteiger partial charge on any atom is 0.320 e. The van der Waals surface area contributed by atoms with Crippen molar-refractivity contribution in [1.82, 2.24) is 5.32 Å². The Hall–Kier alpha value is -0.570. The molecule has 0 amide bonds. The lowest BCUT2D eigenvalue weighted by molar-refractivity contribution is -0.139. The highest BCUT2D eigenvalue weighted by Crippen LogP contribution is 2.34. The molecule has 2 fully saturated rings. The van der Waals surface area contributed by atoms with Crippen LogP contribution in [0.1, 0.15) is 38.5 Å². The lowest BCUT2D eigenvalue weighted by atomic mass is 9.79. The average Bonchev–Trinajstić information content (AvgIpc) is 2.68. The molecule has 1 aliphatic heterocycles. The molecule has 80 valence electrons. The average molecular weight is 197 g/mol. The molecule has 1 aliphatic carbocycles. The van der Waals surface area contributed by atoms with Gasteiger partial charge in [-0.3, -0.25) is 4.79 Å². The maximum absolute atomic E-state index is 10.8. The van der Waals surface area contributed by atoms with Crippen LogP contribution in [0.3, 0.4) is 0 Å². The van der Waals surface area contributed by atoms with Gasteiger partial charge in [-0.1, -0.05) is 32.1 Å². The van der Waals surface area contributed by atoms with Crippen LogP contribution in [-0.4, -0.2) is 23.7 Å². The number of rotatable bonds is 2. The number of carbonyl (C=O) groups is 1. The quantitative estimate of drug-likeness (QED) is 0.707. The Morgan fingerprint density at radius 2 is 1.86 bits per heavy atom. The smallest absolute Gasteiger partial charge is 0.320 e. The molecule has 0 aromatic rings. The Balaban J connectivity index is 1.85. The lowest BCUT2D eigenvalue weighted by Gasteiger charge is -2.26. The zero-order chi connectivity index (χ0) is 9.97. The minimum Gasteiger partial charge on any atom is -0.480 e. The molecule has 3 nitrogen and oxygen atoms in total. The van der Waals surface area contributed by atoms with Crippen LogP contribution in [-0.2, 0) is 4.79 Å². The second-order valence-corrected chi connectivity index (χ2v) is 4.69. The summed E-state index contributed by atoms with van der Waals surface area (Å²) < 4.78 is 0. The largest absolute Gasteiger partial charge is 0.480 e. The monoisotopic (exact) mass is 197 g/mol. The van der Waals surface area contributed by atoms with Gasteiger partial charge in [0, 0.05) is 0 Å². The molecular formula is C11H19NO2. The normalized spacial score (nSPS) is 34.6. The number of carboxylic acid groups (broad SMARTS) is 1. The fraction of sp³-hybridized carbons (Fsp3) is 0.909. The van der Waals surface area contributed by atoms with Crippen LogP contribution in [0.2, 0.25) is 0 Å². The van der Waals surface area contributed by atoms with Gasteiger partial charge in [-0.05, 0) is 24.8 Å². The molecule has 2 atom stereocenters. The van der Waals surface area contributed by atoms with Gasteiger partial charge >= 0.3 is 5.97 Å². The van der Waals surface area contributed by atoms with Crippen molar-refractivity contribution in [3.63, 3.8) is 0 Å². The number of aliphatic carboxylic acids is 1. The molecule has 2 aliphatic rings. The summed E-state index contributed by atoms with van der Waals surface area (Å²) in [4.78, 5) is 10.8. The van der Waals surface area contributed by atoms with E-state index in [0.717, 1.165) is 18.9 Å². The molecule has 0 aromatic carbocycles. The summed E-state index contributed by atoms with van der Waals surface area (Å²) in [6, 6.07) is -0.276. The van der Waals surface area contributed by atoms with Crippen molar-refractivity contribution in [3.05, 3.63) is 0 Å². The van der Waals surface area contributed by atoms with Crippen molar-refractivity contribution in [2.45, 2.75) is 44.6 Å². The van der Waals surface area contributed by atoms with E-state index in [-0.39, 0.29) is 6.04 Å². The number of hydrogen-bond acceptors (Lipinski definition) is 2. The third-order valence-corrected chi connectivity index (χ3v) is 3.78. The van der Waals surface area contributed by atoms with Gasteiger partial charge in [0.05, 0.1) is 0 Å². The van der Waals surface area contributed by atoms with Crippen molar-refractivity contribution in [3.8, 4) is 0 Å². The maximum atomic E-state index is 10.8. The van der Waals surface area contributed by atoms with Crippen molar-refractivity contribution >= 4 is 5.97 Å². The Morgan fingerprint density at radius 1 is 1.14 bits per heavy atom. The van der Waals surface area contributed by atoms with E-state index in [1.54, 1.807) is 0 Å². The van der Waals surface area contributed by atoms with Crippen LogP contribution in [0.25, 0.3) is 0 Å². The zero-order valence-electron chi connectivity index (χ0n) is 8.54. The number of carboxylic acids is 1. The lowest BCUT2D eigenvalue weighted by Crippen LogP contribution is -2.29. The standard InChI is InChI=1S/C11H19NO2/c13-11(14)10-6-9(7-12-10)8-4-2-1-3-5-8/h8-10,12H,1-7H2,(H,13,14)/t9-,10-/m1/s1. The first-order chi connectivity index (χ1) is 6.77. The van der Waals surface area contributed by atoms with E-state index in [1.165, 1.54) is 32.1 Å². The van der Waals surface area contributed by atoms with E-state index in [1.807, 2.05) is 0 Å². The summed E-state index contributed by atoms with van der Waals surface area (Å²) >= 11 is 0. The van der Waals surface area contributed by atoms with Gasteiger partial charge in [-0.2, -0.15) is 0 Å². The highest BCUT2D eigenvalue weighted by Gasteiger charge is 2.34. The van der Waals surface area contributed by atoms with Crippen LogP contribution >= 0.6 is 0 Å². The Bertz CT molecular complexity index is 211. The van der Waals surface area contributed by atoms with Gasteiger partial charge < -0.3 is 10.4 Å². The van der Waals surface area contributed by atoms with E-state index < -0.39 is 5.97 Å². The van der Waals surface area contributed by atoms with Crippen LogP contribution in [0.4, 0.5) is 0 Å². The highest BCUT2D eigenvalue weighted by molar-refractivity contribution is 5.73. The molecule has 1 saturated carbocycles. The molecule has 0 radical (unpaired) electrons. The summed E-state index contributed by atoms with van der Waals surface area (Å²) in [6.07, 6.45) is 7.55. The van der Waals surface area contributed by atoms with Crippen LogP contribution in [0.15, 0.2) is 0 Å². The molecule has 0 aromatic heterocycles. The van der Waals surface area contributed by atoms with E-state index in [9.17, 15) is 4.79 Å². The highest BCUT2D eigenvalue weighted by atomic mass is 16.4. The fourth-order valence-electron chi connectivity index (χ4n) is 2.92. The second-order valence-electron chi connectivity index (χ2n) is 4.69. The Morgan fingerprint density at radius 3 is 2.43 bits per heavy atom. The number of hydrogen-bond donors (Lipinski definition) is 2. The molecule has 1 saturated heterocycles. The number of nitrogens with one attached hydrogen (secondary N) is 1. The van der Waals surface area contributed by atoms with Gasteiger partial charge in [0.25, 0.3) is 0 Å². The minimum absolute atomic E-state index is 0.276. The van der Waals surface area contributed by atoms with E-state index in [4.69, 9.17) is 5.11 Å². The SMILES string of the molecule is O=C(O)[C@H]1C[C@@H](C2CCCCC2)CN1. The summed E-state index contributed by atoms with van der Waals surface area (Å²) in [6.45, 7) is 0.918. The summed E-state index contributed by atoms with van der Waals surface area (Å²) in [7, 11) is 0. The van der Waals surface area contributed by atoms with Crippen molar-refractivity contribution < 1.29 is 9.90 Å². The van der Waals surface area contributed by atoms with Crippen LogP contribution in [0, 0.1) is 11.8 Å². The van der Waals surface area contributed by atoms with Crippen molar-refractivity contribution in [2.24, 2.45) is 11.8 Å². The van der Waals surface area contributed by atoms with Gasteiger partial charge in [0.1, 0.15) is 6.04 Å². The van der Waals surface area contributed by atoms with Crippen molar-refractivity contribution in [2.75, 3.05) is 6.54 Å². The minimum atomic E-state index is -0.677. The van der Waals surface area contributed by atoms with Gasteiger partial charge in [-0.15, -0.1) is 0 Å². The van der Waals surface area contributed by atoms with Gasteiger partial charge in [0.15, 0.2) is 0 Å². The first-order valence-electron chi connectivity index (χ1n) is 5.73. The molecule has 0 bridgehead atoms. The second kappa shape index (κ2) is 4.30. The Kier molecular flexibility index (Phi) is 3.06. The first-order valence-corrected chi connectivity index (χ1v) is 5.73. The zero-order valence-corrected chi connectivity index (χ0v) is 8.54. The topological polar surface area (TPSA) is 49.3 Å².